The normalized spacial score (nSPS) is 15.5. The molecule has 1 N–H and O–H groups in total. The smallest absolute Gasteiger partial charge is 0.463 e. The van der Waals surface area contributed by atoms with E-state index in [9.17, 15) is 4.79 Å². The number of hydrogen-bond acceptors (Lipinski definition) is 6. The third kappa shape index (κ3) is 11.5. The number of alkyl carbamates (subject to hydrolysis) is 1. The Morgan fingerprint density at radius 1 is 0.929 bits per heavy atom. The molecule has 2 unspecified atom stereocenters. The van der Waals surface area contributed by atoms with Gasteiger partial charge in [-0.3, -0.25) is 0 Å². The quantitative estimate of drug-likeness (QED) is 0.246. The molecule has 0 aliphatic rings. The van der Waals surface area contributed by atoms with Crippen LogP contribution in [0.3, 0.4) is 0 Å². The molecule has 1 amide bonds. The van der Waals surface area contributed by atoms with Crippen LogP contribution in [0.2, 0.25) is 58.9 Å². The van der Waals surface area contributed by atoms with Crippen LogP contribution in [0, 0.1) is 0 Å². The van der Waals surface area contributed by atoms with Gasteiger partial charge < -0.3 is 27.1 Å². The zero-order chi connectivity index (χ0) is 22.4. The molecular formula is C17H41NO6Si4. The lowest BCUT2D eigenvalue weighted by Gasteiger charge is -2.46. The number of hydrogen-bond donors (Lipinski definition) is 1. The van der Waals surface area contributed by atoms with Gasteiger partial charge in [0.2, 0.25) is 6.29 Å². The van der Waals surface area contributed by atoms with Crippen molar-refractivity contribution in [1.82, 2.24) is 5.32 Å². The Balaban J connectivity index is 5.96. The predicted octanol–water partition coefficient (Wildman–Crippen LogP) is 5.03. The Labute approximate surface area is 175 Å². The maximum Gasteiger partial charge on any atom is 0.493 e. The molecule has 0 saturated carbocycles. The van der Waals surface area contributed by atoms with Crippen LogP contribution in [0.15, 0.2) is 12.8 Å². The Bertz CT molecular complexity index is 472. The summed E-state index contributed by atoms with van der Waals surface area (Å²) < 4.78 is 30.3. The molecule has 0 spiro atoms. The van der Waals surface area contributed by atoms with Crippen molar-refractivity contribution >= 4 is 39.8 Å². The molecule has 0 aromatic carbocycles. The van der Waals surface area contributed by atoms with Crippen molar-refractivity contribution in [1.29, 1.82) is 0 Å². The molecule has 2 atom stereocenters. The van der Waals surface area contributed by atoms with Crippen LogP contribution in [0.5, 0.6) is 0 Å². The number of carbonyl (C=O) groups is 1. The summed E-state index contributed by atoms with van der Waals surface area (Å²) in [6.45, 7) is 26.1. The molecule has 7 nitrogen and oxygen atoms in total. The highest BCUT2D eigenvalue weighted by Crippen LogP contribution is 2.29. The number of amides is 1. The van der Waals surface area contributed by atoms with Crippen molar-refractivity contribution < 1.29 is 26.6 Å². The second-order valence-electron chi connectivity index (χ2n) is 9.63. The fraction of sp³-hybridized carbons (Fsp3) is 0.824. The van der Waals surface area contributed by atoms with Gasteiger partial charge in [0.15, 0.2) is 25.0 Å². The van der Waals surface area contributed by atoms with E-state index in [1.807, 2.05) is 6.92 Å². The summed E-state index contributed by atoms with van der Waals surface area (Å²) in [5.41, 5.74) is -0.402. The molecule has 0 rings (SSSR count). The molecule has 166 valence electrons. The Kier molecular flexibility index (Phi) is 10.4. The van der Waals surface area contributed by atoms with Crippen LogP contribution in [-0.4, -0.2) is 51.8 Å². The number of ether oxygens (including phenoxy) is 2. The first-order valence-corrected chi connectivity index (χ1v) is 21.8. The van der Waals surface area contributed by atoms with Crippen LogP contribution in [0.25, 0.3) is 0 Å². The van der Waals surface area contributed by atoms with Gasteiger partial charge in [0.1, 0.15) is 0 Å². The minimum Gasteiger partial charge on any atom is -0.463 e. The monoisotopic (exact) mass is 467 g/mol. The molecule has 0 aromatic rings. The highest BCUT2D eigenvalue weighted by molar-refractivity contribution is 6.90. The average molecular weight is 468 g/mol. The Morgan fingerprint density at radius 2 is 1.32 bits per heavy atom. The molecule has 0 aliphatic heterocycles. The first-order valence-electron chi connectivity index (χ1n) is 9.77. The van der Waals surface area contributed by atoms with Gasteiger partial charge in [-0.1, -0.05) is 13.5 Å². The Hall–Kier alpha value is -0.442. The molecule has 0 heterocycles. The summed E-state index contributed by atoms with van der Waals surface area (Å²) in [4.78, 5) is 12.5. The third-order valence-electron chi connectivity index (χ3n) is 3.03. The molecule has 11 heteroatoms. The number of nitrogens with one attached hydrogen (secondary N) is 1. The fourth-order valence-electron chi connectivity index (χ4n) is 2.49. The summed E-state index contributed by atoms with van der Waals surface area (Å²) in [5, 5.41) is 2.94. The number of carbonyl (C=O) groups excluding carboxylic acids is 1. The molecule has 0 radical (unpaired) electrons. The van der Waals surface area contributed by atoms with Gasteiger partial charge in [-0.15, -0.1) is 0 Å². The number of rotatable bonds is 12. The maximum atomic E-state index is 12.5. The third-order valence-corrected chi connectivity index (χ3v) is 15.2. The SMILES string of the molecule is C=COC(C)OC(=O)NC(CC)[Si](O[Si](C)(C)C)(O[Si](C)(C)C)O[Si](C)(C)C. The summed E-state index contributed by atoms with van der Waals surface area (Å²) in [6, 6.07) is 0. The highest BCUT2D eigenvalue weighted by Gasteiger charge is 2.56. The highest BCUT2D eigenvalue weighted by atomic mass is 28.5. The largest absolute Gasteiger partial charge is 0.493 e. The van der Waals surface area contributed by atoms with Crippen LogP contribution in [0.1, 0.15) is 20.3 Å². The average Bonchev–Trinajstić information content (AvgIpc) is 2.38. The summed E-state index contributed by atoms with van der Waals surface area (Å²) in [6.07, 6.45) is 0.526. The van der Waals surface area contributed by atoms with Crippen molar-refractivity contribution in [3.8, 4) is 0 Å². The molecule has 0 fully saturated rings. The van der Waals surface area contributed by atoms with Crippen molar-refractivity contribution in [2.45, 2.75) is 91.1 Å². The topological polar surface area (TPSA) is 75.3 Å². The van der Waals surface area contributed by atoms with Gasteiger partial charge in [0.05, 0.1) is 11.9 Å². The fourth-order valence-corrected chi connectivity index (χ4v) is 16.9. The van der Waals surface area contributed by atoms with E-state index in [1.165, 1.54) is 6.26 Å². The molecule has 28 heavy (non-hydrogen) atoms. The Morgan fingerprint density at radius 3 is 1.61 bits per heavy atom. The summed E-state index contributed by atoms with van der Waals surface area (Å²) in [7, 11) is -9.37. The maximum absolute atomic E-state index is 12.5. The standard InChI is InChI=1S/C17H41NO6Si4/c1-13-16(18-17(19)21-15(3)20-14-2)28(22-25(4,5)6,23-26(7,8)9)24-27(10,11)12/h14-16H,2,13H2,1,3-12H3,(H,18,19). The van der Waals surface area contributed by atoms with Gasteiger partial charge in [-0.05, 0) is 65.3 Å². The first kappa shape index (κ1) is 27.6. The molecule has 0 aromatic heterocycles. The first-order chi connectivity index (χ1) is 12.4. The van der Waals surface area contributed by atoms with E-state index in [0.29, 0.717) is 6.42 Å². The molecule has 0 aliphatic carbocycles. The minimum atomic E-state index is -3.25. The lowest BCUT2D eigenvalue weighted by Crippen LogP contribution is -2.70. The summed E-state index contributed by atoms with van der Waals surface area (Å²) >= 11 is 0. The lowest BCUT2D eigenvalue weighted by molar-refractivity contribution is -0.0476. The zero-order valence-electron chi connectivity index (χ0n) is 19.6. The van der Waals surface area contributed by atoms with Crippen molar-refractivity contribution in [2.75, 3.05) is 0 Å². The molecular weight excluding hydrogens is 427 g/mol. The van der Waals surface area contributed by atoms with Crippen LogP contribution in [0.4, 0.5) is 4.79 Å². The van der Waals surface area contributed by atoms with E-state index < -0.39 is 51.8 Å². The summed E-state index contributed by atoms with van der Waals surface area (Å²) in [5.74, 6) is 0. The minimum absolute atomic E-state index is 0.402. The van der Waals surface area contributed by atoms with Crippen molar-refractivity contribution in [2.24, 2.45) is 0 Å². The van der Waals surface area contributed by atoms with E-state index in [-0.39, 0.29) is 0 Å². The van der Waals surface area contributed by atoms with E-state index in [4.69, 9.17) is 21.8 Å². The van der Waals surface area contributed by atoms with Gasteiger partial charge in [0, 0.05) is 6.92 Å². The van der Waals surface area contributed by atoms with E-state index in [0.717, 1.165) is 0 Å². The van der Waals surface area contributed by atoms with E-state index in [1.54, 1.807) is 6.92 Å². The van der Waals surface area contributed by atoms with Gasteiger partial charge in [-0.25, -0.2) is 4.79 Å². The van der Waals surface area contributed by atoms with Crippen molar-refractivity contribution in [3.05, 3.63) is 12.8 Å². The predicted molar refractivity (Wildman–Crippen MR) is 123 cm³/mol. The van der Waals surface area contributed by atoms with E-state index >= 15 is 0 Å². The van der Waals surface area contributed by atoms with Crippen LogP contribution in [-0.2, 0) is 21.8 Å². The van der Waals surface area contributed by atoms with Gasteiger partial charge >= 0.3 is 14.9 Å². The van der Waals surface area contributed by atoms with Crippen LogP contribution < -0.4 is 5.32 Å². The molecule has 0 bridgehead atoms. The van der Waals surface area contributed by atoms with Crippen LogP contribution >= 0.6 is 0 Å². The lowest BCUT2D eigenvalue weighted by atomic mass is 10.5. The second-order valence-corrected chi connectivity index (χ2v) is 26.7. The van der Waals surface area contributed by atoms with Gasteiger partial charge in [0.25, 0.3) is 0 Å². The second kappa shape index (κ2) is 10.5. The van der Waals surface area contributed by atoms with E-state index in [2.05, 4.69) is 70.8 Å². The van der Waals surface area contributed by atoms with Gasteiger partial charge in [-0.2, -0.15) is 0 Å². The zero-order valence-corrected chi connectivity index (χ0v) is 23.6. The van der Waals surface area contributed by atoms with Crippen molar-refractivity contribution in [3.63, 3.8) is 0 Å². The molecule has 0 saturated heterocycles.